The van der Waals surface area contributed by atoms with Gasteiger partial charge in [0, 0.05) is 38.4 Å². The number of hydrogen-bond donors (Lipinski definition) is 2. The summed E-state index contributed by atoms with van der Waals surface area (Å²) >= 11 is 0. The van der Waals surface area contributed by atoms with E-state index in [0.717, 1.165) is 6.54 Å². The SMILES string of the molecule is C=CCNC(=O)CCNCc1ccncc1. The van der Waals surface area contributed by atoms with Crippen LogP contribution in [-0.4, -0.2) is 24.0 Å². The average molecular weight is 219 g/mol. The lowest BCUT2D eigenvalue weighted by Gasteiger charge is -2.04. The fourth-order valence-corrected chi connectivity index (χ4v) is 1.21. The predicted octanol–water partition coefficient (Wildman–Crippen LogP) is 0.863. The first-order chi connectivity index (χ1) is 7.83. The third-order valence-electron chi connectivity index (χ3n) is 2.05. The normalized spacial score (nSPS) is 9.75. The molecule has 1 heterocycles. The highest BCUT2D eigenvalue weighted by atomic mass is 16.1. The lowest BCUT2D eigenvalue weighted by atomic mass is 10.2. The summed E-state index contributed by atoms with van der Waals surface area (Å²) in [6.07, 6.45) is 5.67. The van der Waals surface area contributed by atoms with Gasteiger partial charge in [-0.3, -0.25) is 9.78 Å². The van der Waals surface area contributed by atoms with Crippen molar-refractivity contribution in [1.82, 2.24) is 15.6 Å². The first-order valence-electron chi connectivity index (χ1n) is 5.30. The molecule has 0 saturated heterocycles. The number of aromatic nitrogens is 1. The summed E-state index contributed by atoms with van der Waals surface area (Å²) in [6.45, 7) is 5.50. The third-order valence-corrected chi connectivity index (χ3v) is 2.05. The van der Waals surface area contributed by atoms with Gasteiger partial charge in [0.15, 0.2) is 0 Å². The molecule has 1 amide bonds. The number of amides is 1. The molecule has 0 unspecified atom stereocenters. The molecule has 4 heteroatoms. The van der Waals surface area contributed by atoms with Crippen LogP contribution in [0.25, 0.3) is 0 Å². The van der Waals surface area contributed by atoms with Crippen LogP contribution in [0.2, 0.25) is 0 Å². The van der Waals surface area contributed by atoms with Crippen molar-refractivity contribution in [2.45, 2.75) is 13.0 Å². The monoisotopic (exact) mass is 219 g/mol. The maximum absolute atomic E-state index is 11.2. The van der Waals surface area contributed by atoms with Crippen molar-refractivity contribution in [1.29, 1.82) is 0 Å². The van der Waals surface area contributed by atoms with Gasteiger partial charge in [0.25, 0.3) is 0 Å². The zero-order valence-electron chi connectivity index (χ0n) is 9.28. The predicted molar refractivity (Wildman–Crippen MR) is 63.8 cm³/mol. The topological polar surface area (TPSA) is 54.0 Å². The molecule has 0 fully saturated rings. The molecule has 0 aliphatic heterocycles. The standard InChI is InChI=1S/C12H17N3O/c1-2-6-15-12(16)5-9-14-10-11-3-7-13-8-4-11/h2-4,7-8,14H,1,5-6,9-10H2,(H,15,16). The second kappa shape index (κ2) is 7.59. The largest absolute Gasteiger partial charge is 0.353 e. The highest BCUT2D eigenvalue weighted by Gasteiger charge is 1.98. The minimum absolute atomic E-state index is 0.0436. The maximum atomic E-state index is 11.2. The van der Waals surface area contributed by atoms with Gasteiger partial charge >= 0.3 is 0 Å². The van der Waals surface area contributed by atoms with E-state index in [4.69, 9.17) is 0 Å². The second-order valence-electron chi connectivity index (χ2n) is 3.37. The Labute approximate surface area is 95.8 Å². The van der Waals surface area contributed by atoms with Crippen molar-refractivity contribution in [3.8, 4) is 0 Å². The lowest BCUT2D eigenvalue weighted by molar-refractivity contribution is -0.120. The number of nitrogens with zero attached hydrogens (tertiary/aromatic N) is 1. The molecule has 1 rings (SSSR count). The second-order valence-corrected chi connectivity index (χ2v) is 3.37. The minimum Gasteiger partial charge on any atom is -0.353 e. The Balaban J connectivity index is 2.08. The summed E-state index contributed by atoms with van der Waals surface area (Å²) in [6, 6.07) is 3.90. The van der Waals surface area contributed by atoms with Crippen molar-refractivity contribution in [2.75, 3.05) is 13.1 Å². The van der Waals surface area contributed by atoms with Crippen molar-refractivity contribution in [3.63, 3.8) is 0 Å². The molecular weight excluding hydrogens is 202 g/mol. The van der Waals surface area contributed by atoms with Gasteiger partial charge in [0.1, 0.15) is 0 Å². The fourth-order valence-electron chi connectivity index (χ4n) is 1.21. The third kappa shape index (κ3) is 5.26. The van der Waals surface area contributed by atoms with Crippen LogP contribution in [0, 0.1) is 0 Å². The smallest absolute Gasteiger partial charge is 0.221 e. The average Bonchev–Trinajstić information content (AvgIpc) is 2.33. The van der Waals surface area contributed by atoms with E-state index >= 15 is 0 Å². The summed E-state index contributed by atoms with van der Waals surface area (Å²) in [4.78, 5) is 15.1. The quantitative estimate of drug-likeness (QED) is 0.528. The molecule has 0 radical (unpaired) electrons. The van der Waals surface area contributed by atoms with Crippen LogP contribution in [0.3, 0.4) is 0 Å². The van der Waals surface area contributed by atoms with Crippen molar-refractivity contribution < 1.29 is 4.79 Å². The molecule has 86 valence electrons. The molecule has 0 aromatic carbocycles. The zero-order chi connectivity index (χ0) is 11.6. The number of nitrogens with one attached hydrogen (secondary N) is 2. The summed E-state index contributed by atoms with van der Waals surface area (Å²) in [5, 5.41) is 5.92. The molecule has 1 aromatic heterocycles. The maximum Gasteiger partial charge on any atom is 0.221 e. The first kappa shape index (κ1) is 12.4. The van der Waals surface area contributed by atoms with Crippen molar-refractivity contribution >= 4 is 5.91 Å². The number of carbonyl (C=O) groups is 1. The Hall–Kier alpha value is -1.68. The van der Waals surface area contributed by atoms with Gasteiger partial charge in [-0.25, -0.2) is 0 Å². The van der Waals surface area contributed by atoms with Gasteiger partial charge in [-0.05, 0) is 17.7 Å². The van der Waals surface area contributed by atoms with Crippen LogP contribution >= 0.6 is 0 Å². The van der Waals surface area contributed by atoms with Crippen LogP contribution < -0.4 is 10.6 Å². The molecule has 16 heavy (non-hydrogen) atoms. The molecule has 0 atom stereocenters. The van der Waals surface area contributed by atoms with Crippen LogP contribution in [0.1, 0.15) is 12.0 Å². The van der Waals surface area contributed by atoms with E-state index in [1.54, 1.807) is 18.5 Å². The molecule has 1 aromatic rings. The summed E-state index contributed by atoms with van der Waals surface area (Å²) < 4.78 is 0. The van der Waals surface area contributed by atoms with Gasteiger partial charge in [0.05, 0.1) is 0 Å². The lowest BCUT2D eigenvalue weighted by Crippen LogP contribution is -2.27. The van der Waals surface area contributed by atoms with Gasteiger partial charge in [-0.1, -0.05) is 6.08 Å². The number of rotatable bonds is 7. The Morgan fingerprint density at radius 1 is 1.44 bits per heavy atom. The van der Waals surface area contributed by atoms with Crippen LogP contribution in [0.4, 0.5) is 0 Å². The summed E-state index contributed by atoms with van der Waals surface area (Å²) in [5.74, 6) is 0.0436. The fraction of sp³-hybridized carbons (Fsp3) is 0.333. The Morgan fingerprint density at radius 2 is 2.19 bits per heavy atom. The van der Waals surface area contributed by atoms with Gasteiger partial charge in [-0.15, -0.1) is 6.58 Å². The van der Waals surface area contributed by atoms with Gasteiger partial charge in [0.2, 0.25) is 5.91 Å². The van der Waals surface area contributed by atoms with E-state index in [-0.39, 0.29) is 5.91 Å². The number of carbonyl (C=O) groups excluding carboxylic acids is 1. The molecule has 0 saturated carbocycles. The van der Waals surface area contributed by atoms with E-state index in [0.29, 0.717) is 19.5 Å². The Kier molecular flexibility index (Phi) is 5.88. The van der Waals surface area contributed by atoms with E-state index in [1.165, 1.54) is 5.56 Å². The minimum atomic E-state index is 0.0436. The first-order valence-corrected chi connectivity index (χ1v) is 5.30. The van der Waals surface area contributed by atoms with Gasteiger partial charge < -0.3 is 10.6 Å². The summed E-state index contributed by atoms with van der Waals surface area (Å²) in [5.41, 5.74) is 1.17. The highest BCUT2D eigenvalue weighted by Crippen LogP contribution is 1.94. The Bertz CT molecular complexity index is 324. The van der Waals surface area contributed by atoms with Gasteiger partial charge in [-0.2, -0.15) is 0 Å². The van der Waals surface area contributed by atoms with E-state index < -0.39 is 0 Å². The molecule has 4 nitrogen and oxygen atoms in total. The molecule has 0 bridgehead atoms. The van der Waals surface area contributed by atoms with E-state index in [1.807, 2.05) is 12.1 Å². The van der Waals surface area contributed by atoms with Crippen molar-refractivity contribution in [3.05, 3.63) is 42.7 Å². The molecule has 0 aliphatic rings. The molecule has 0 aliphatic carbocycles. The molecule has 0 spiro atoms. The molecular formula is C12H17N3O. The number of pyridine rings is 1. The van der Waals surface area contributed by atoms with E-state index in [9.17, 15) is 4.79 Å². The van der Waals surface area contributed by atoms with Crippen LogP contribution in [-0.2, 0) is 11.3 Å². The van der Waals surface area contributed by atoms with Crippen LogP contribution in [0.15, 0.2) is 37.2 Å². The Morgan fingerprint density at radius 3 is 2.88 bits per heavy atom. The highest BCUT2D eigenvalue weighted by molar-refractivity contribution is 5.76. The van der Waals surface area contributed by atoms with Crippen molar-refractivity contribution in [2.24, 2.45) is 0 Å². The zero-order valence-corrected chi connectivity index (χ0v) is 9.28. The van der Waals surface area contributed by atoms with Crippen LogP contribution in [0.5, 0.6) is 0 Å². The molecule has 2 N–H and O–H groups in total. The van der Waals surface area contributed by atoms with E-state index in [2.05, 4.69) is 22.2 Å². The number of hydrogen-bond acceptors (Lipinski definition) is 3. The summed E-state index contributed by atoms with van der Waals surface area (Å²) in [7, 11) is 0.